The molecule has 0 aliphatic rings. The molecule has 1 aromatic carbocycles. The first-order chi connectivity index (χ1) is 12.5. The predicted octanol–water partition coefficient (Wildman–Crippen LogP) is 3.10. The molecule has 0 bridgehead atoms. The first-order valence-electron chi connectivity index (χ1n) is 8.04. The molecule has 9 heteroatoms. The summed E-state index contributed by atoms with van der Waals surface area (Å²) in [5.74, 6) is 1.08. The van der Waals surface area contributed by atoms with Crippen LogP contribution < -0.4 is 10.6 Å². The lowest BCUT2D eigenvalue weighted by Gasteiger charge is -2.15. The van der Waals surface area contributed by atoms with Gasteiger partial charge in [-0.1, -0.05) is 17.7 Å². The van der Waals surface area contributed by atoms with Crippen LogP contribution >= 0.6 is 11.6 Å². The number of methoxy groups -OCH3 is 2. The quantitative estimate of drug-likeness (QED) is 0.613. The number of nitrogens with one attached hydrogen (secondary N) is 2. The van der Waals surface area contributed by atoms with Crippen molar-refractivity contribution in [2.24, 2.45) is 7.05 Å². The molecule has 26 heavy (non-hydrogen) atoms. The molecule has 0 fully saturated rings. The first kappa shape index (κ1) is 18.4. The van der Waals surface area contributed by atoms with Gasteiger partial charge in [0.1, 0.15) is 5.82 Å². The third-order valence-electron chi connectivity index (χ3n) is 3.98. The summed E-state index contributed by atoms with van der Waals surface area (Å²) >= 11 is 6.22. The summed E-state index contributed by atoms with van der Waals surface area (Å²) in [7, 11) is 4.99. The third kappa shape index (κ3) is 3.87. The van der Waals surface area contributed by atoms with Crippen LogP contribution in [0.5, 0.6) is 0 Å². The molecule has 0 saturated heterocycles. The minimum atomic E-state index is -0.395. The van der Waals surface area contributed by atoms with E-state index in [1.54, 1.807) is 25.1 Å². The lowest BCUT2D eigenvalue weighted by atomic mass is 10.2. The van der Waals surface area contributed by atoms with Crippen molar-refractivity contribution in [3.63, 3.8) is 0 Å². The van der Waals surface area contributed by atoms with E-state index in [9.17, 15) is 0 Å². The van der Waals surface area contributed by atoms with Gasteiger partial charge >= 0.3 is 0 Å². The molecule has 3 rings (SSSR count). The molecule has 0 aliphatic heterocycles. The minimum Gasteiger partial charge on any atom is -0.354 e. The van der Waals surface area contributed by atoms with Gasteiger partial charge in [-0.3, -0.25) is 4.68 Å². The third-order valence-corrected chi connectivity index (χ3v) is 4.39. The molecule has 0 saturated carbocycles. The molecule has 2 N–H and O–H groups in total. The van der Waals surface area contributed by atoms with Crippen LogP contribution in [0.1, 0.15) is 5.56 Å². The topological polar surface area (TPSA) is 86.1 Å². The number of anilines is 3. The van der Waals surface area contributed by atoms with Gasteiger partial charge in [0, 0.05) is 32.0 Å². The zero-order valence-electron chi connectivity index (χ0n) is 15.1. The minimum absolute atomic E-state index is 0.395. The molecule has 8 nitrogen and oxygen atoms in total. The van der Waals surface area contributed by atoms with Crippen LogP contribution in [0.25, 0.3) is 11.0 Å². The average Bonchev–Trinajstić information content (AvgIpc) is 3.00. The molecule has 0 unspecified atom stereocenters. The first-order valence-corrected chi connectivity index (χ1v) is 8.42. The summed E-state index contributed by atoms with van der Waals surface area (Å²) in [6.45, 7) is 2.37. The Labute approximate surface area is 156 Å². The molecular weight excluding hydrogens is 356 g/mol. The zero-order valence-corrected chi connectivity index (χ0v) is 15.8. The van der Waals surface area contributed by atoms with Crippen molar-refractivity contribution in [1.82, 2.24) is 19.7 Å². The van der Waals surface area contributed by atoms with Crippen LogP contribution in [0.2, 0.25) is 5.02 Å². The van der Waals surface area contributed by atoms with Crippen LogP contribution in [-0.2, 0) is 16.5 Å². The standard InChI is InChI=1S/C17H21ClN6O2/c1-10-5-6-11(7-13(10)18)21-15-12-8-20-24(2)16(12)23-17(22-15)19-9-14(25-3)26-4/h5-8,14H,9H2,1-4H3,(H2,19,21,22,23). The summed E-state index contributed by atoms with van der Waals surface area (Å²) in [5, 5.41) is 12.2. The molecule has 3 aromatic rings. The second kappa shape index (κ2) is 7.86. The predicted molar refractivity (Wildman–Crippen MR) is 102 cm³/mol. The van der Waals surface area contributed by atoms with E-state index < -0.39 is 6.29 Å². The SMILES string of the molecule is COC(CNc1nc(Nc2ccc(C)c(Cl)c2)c2cnn(C)c2n1)OC. The van der Waals surface area contributed by atoms with Crippen LogP contribution in [0, 0.1) is 6.92 Å². The van der Waals surface area contributed by atoms with E-state index in [-0.39, 0.29) is 0 Å². The largest absolute Gasteiger partial charge is 0.354 e. The Balaban J connectivity index is 1.93. The normalized spacial score (nSPS) is 11.3. The summed E-state index contributed by atoms with van der Waals surface area (Å²) < 4.78 is 12.1. The Bertz CT molecular complexity index is 910. The Kier molecular flexibility index (Phi) is 5.55. The Hall–Kier alpha value is -2.42. The number of benzene rings is 1. The van der Waals surface area contributed by atoms with Crippen LogP contribution in [-0.4, -0.2) is 46.8 Å². The maximum absolute atomic E-state index is 6.22. The summed E-state index contributed by atoms with van der Waals surface area (Å²) in [6.07, 6.45) is 1.33. The monoisotopic (exact) mass is 376 g/mol. The number of nitrogens with zero attached hydrogens (tertiary/aromatic N) is 4. The fourth-order valence-corrected chi connectivity index (χ4v) is 2.62. The van der Waals surface area contributed by atoms with Gasteiger partial charge in [0.25, 0.3) is 0 Å². The maximum Gasteiger partial charge on any atom is 0.226 e. The van der Waals surface area contributed by atoms with E-state index in [2.05, 4.69) is 25.7 Å². The second-order valence-electron chi connectivity index (χ2n) is 5.77. The van der Waals surface area contributed by atoms with Crippen LogP contribution in [0.15, 0.2) is 24.4 Å². The van der Waals surface area contributed by atoms with Crippen molar-refractivity contribution < 1.29 is 9.47 Å². The van der Waals surface area contributed by atoms with E-state index in [4.69, 9.17) is 21.1 Å². The van der Waals surface area contributed by atoms with Gasteiger partial charge in [-0.25, -0.2) is 0 Å². The van der Waals surface area contributed by atoms with Crippen LogP contribution in [0.3, 0.4) is 0 Å². The lowest BCUT2D eigenvalue weighted by Crippen LogP contribution is -2.24. The number of ether oxygens (including phenoxy) is 2. The van der Waals surface area contributed by atoms with E-state index >= 15 is 0 Å². The fourth-order valence-electron chi connectivity index (χ4n) is 2.44. The van der Waals surface area contributed by atoms with Gasteiger partial charge in [-0.15, -0.1) is 0 Å². The van der Waals surface area contributed by atoms with Gasteiger partial charge in [0.15, 0.2) is 11.9 Å². The fraction of sp³-hybridized carbons (Fsp3) is 0.353. The van der Waals surface area contributed by atoms with Gasteiger partial charge in [0.2, 0.25) is 5.95 Å². The Morgan fingerprint density at radius 1 is 1.23 bits per heavy atom. The van der Waals surface area contributed by atoms with Gasteiger partial charge in [-0.05, 0) is 24.6 Å². The number of rotatable bonds is 7. The van der Waals surface area contributed by atoms with Crippen molar-refractivity contribution in [1.29, 1.82) is 0 Å². The zero-order chi connectivity index (χ0) is 18.7. The van der Waals surface area contributed by atoms with Crippen LogP contribution in [0.4, 0.5) is 17.5 Å². The second-order valence-corrected chi connectivity index (χ2v) is 6.18. The summed E-state index contributed by atoms with van der Waals surface area (Å²) in [4.78, 5) is 9.07. The van der Waals surface area contributed by atoms with Crippen molar-refractivity contribution >= 4 is 40.1 Å². The molecule has 2 aromatic heterocycles. The van der Waals surface area contributed by atoms with Crippen molar-refractivity contribution in [3.05, 3.63) is 35.0 Å². The highest BCUT2D eigenvalue weighted by Gasteiger charge is 2.13. The molecule has 0 amide bonds. The molecule has 0 atom stereocenters. The van der Waals surface area contributed by atoms with Gasteiger partial charge in [0.05, 0.1) is 18.1 Å². The van der Waals surface area contributed by atoms with E-state index in [0.29, 0.717) is 29.0 Å². The molecule has 138 valence electrons. The smallest absolute Gasteiger partial charge is 0.226 e. The number of fused-ring (bicyclic) bond motifs is 1. The number of aromatic nitrogens is 4. The Morgan fingerprint density at radius 3 is 2.69 bits per heavy atom. The highest BCUT2D eigenvalue weighted by atomic mass is 35.5. The van der Waals surface area contributed by atoms with Crippen molar-refractivity contribution in [3.8, 4) is 0 Å². The van der Waals surface area contributed by atoms with E-state index in [1.807, 2.05) is 32.2 Å². The van der Waals surface area contributed by atoms with Crippen molar-refractivity contribution in [2.45, 2.75) is 13.2 Å². The number of aryl methyl sites for hydroxylation is 2. The van der Waals surface area contributed by atoms with E-state index in [1.165, 1.54) is 0 Å². The lowest BCUT2D eigenvalue weighted by molar-refractivity contribution is -0.0914. The number of halogens is 1. The molecule has 0 radical (unpaired) electrons. The highest BCUT2D eigenvalue weighted by Crippen LogP contribution is 2.27. The molecule has 2 heterocycles. The molecule has 0 spiro atoms. The van der Waals surface area contributed by atoms with E-state index in [0.717, 1.165) is 16.6 Å². The highest BCUT2D eigenvalue weighted by molar-refractivity contribution is 6.31. The van der Waals surface area contributed by atoms with Gasteiger partial charge < -0.3 is 20.1 Å². The molecular formula is C17H21ClN6O2. The maximum atomic E-state index is 6.22. The summed E-state index contributed by atoms with van der Waals surface area (Å²) in [6, 6.07) is 5.76. The van der Waals surface area contributed by atoms with Crippen molar-refractivity contribution in [2.75, 3.05) is 31.4 Å². The number of hydrogen-bond donors (Lipinski definition) is 2. The van der Waals surface area contributed by atoms with Gasteiger partial charge in [-0.2, -0.15) is 15.1 Å². The number of hydrogen-bond acceptors (Lipinski definition) is 7. The average molecular weight is 377 g/mol. The summed E-state index contributed by atoms with van der Waals surface area (Å²) in [5.41, 5.74) is 2.55. The molecule has 0 aliphatic carbocycles. The Morgan fingerprint density at radius 2 is 2.00 bits per heavy atom.